The van der Waals surface area contributed by atoms with Gasteiger partial charge >= 0.3 is 0 Å². The van der Waals surface area contributed by atoms with Crippen molar-refractivity contribution in [2.45, 2.75) is 26.3 Å². The minimum Gasteiger partial charge on any atom is -0.493 e. The second kappa shape index (κ2) is 8.08. The zero-order valence-electron chi connectivity index (χ0n) is 16.1. The first kappa shape index (κ1) is 18.7. The molecule has 140 valence electrons. The predicted molar refractivity (Wildman–Crippen MR) is 108 cm³/mol. The number of hydrogen-bond donors (Lipinski definition) is 1. The molecule has 1 atom stereocenters. The molecule has 0 radical (unpaired) electrons. The summed E-state index contributed by atoms with van der Waals surface area (Å²) >= 11 is 0. The van der Waals surface area contributed by atoms with Gasteiger partial charge in [-0.1, -0.05) is 25.1 Å². The summed E-state index contributed by atoms with van der Waals surface area (Å²) in [5.74, 6) is 1.18. The van der Waals surface area contributed by atoms with Crippen molar-refractivity contribution >= 4 is 16.8 Å². The standard InChI is InChI=1S/C22H24N2O3/c1-5-14(2)23-22(25)17-13-19(24-18-9-7-6-8-16(17)18)15-10-11-20(26-3)21(12-15)27-4/h6-14H,5H2,1-4H3,(H,23,25). The summed E-state index contributed by atoms with van der Waals surface area (Å²) in [5, 5.41) is 3.88. The Morgan fingerprint density at radius 3 is 2.52 bits per heavy atom. The third-order valence-corrected chi connectivity index (χ3v) is 4.63. The number of hydrogen-bond acceptors (Lipinski definition) is 4. The van der Waals surface area contributed by atoms with Crippen molar-refractivity contribution in [3.05, 3.63) is 54.1 Å². The molecule has 0 saturated carbocycles. The number of ether oxygens (including phenoxy) is 2. The molecule has 1 heterocycles. The molecule has 0 aliphatic carbocycles. The van der Waals surface area contributed by atoms with E-state index in [1.807, 2.05) is 62.4 Å². The Morgan fingerprint density at radius 2 is 1.81 bits per heavy atom. The largest absolute Gasteiger partial charge is 0.493 e. The van der Waals surface area contributed by atoms with Gasteiger partial charge in [0.15, 0.2) is 11.5 Å². The zero-order chi connectivity index (χ0) is 19.4. The fourth-order valence-electron chi connectivity index (χ4n) is 2.91. The second-order valence-electron chi connectivity index (χ2n) is 6.42. The van der Waals surface area contributed by atoms with Gasteiger partial charge in [-0.05, 0) is 43.7 Å². The molecule has 0 fully saturated rings. The van der Waals surface area contributed by atoms with Gasteiger partial charge in [0.25, 0.3) is 5.91 Å². The van der Waals surface area contributed by atoms with Gasteiger partial charge in [0, 0.05) is 17.0 Å². The number of rotatable bonds is 6. The van der Waals surface area contributed by atoms with Crippen molar-refractivity contribution < 1.29 is 14.3 Å². The first-order chi connectivity index (χ1) is 13.1. The first-order valence-electron chi connectivity index (χ1n) is 9.00. The van der Waals surface area contributed by atoms with Gasteiger partial charge in [-0.3, -0.25) is 4.79 Å². The highest BCUT2D eigenvalue weighted by atomic mass is 16.5. The molecule has 2 aromatic carbocycles. The number of methoxy groups -OCH3 is 2. The van der Waals surface area contributed by atoms with Crippen molar-refractivity contribution in [1.29, 1.82) is 0 Å². The Morgan fingerprint density at radius 1 is 1.07 bits per heavy atom. The highest BCUT2D eigenvalue weighted by molar-refractivity contribution is 6.07. The van der Waals surface area contributed by atoms with Crippen LogP contribution in [-0.2, 0) is 0 Å². The lowest BCUT2D eigenvalue weighted by atomic mass is 10.0. The highest BCUT2D eigenvalue weighted by Gasteiger charge is 2.16. The predicted octanol–water partition coefficient (Wildman–Crippen LogP) is 4.45. The van der Waals surface area contributed by atoms with Gasteiger partial charge in [0.2, 0.25) is 0 Å². The number of para-hydroxylation sites is 1. The Bertz CT molecular complexity index is 969. The topological polar surface area (TPSA) is 60.5 Å². The second-order valence-corrected chi connectivity index (χ2v) is 6.42. The number of benzene rings is 2. The molecule has 0 aliphatic heterocycles. The van der Waals surface area contributed by atoms with Gasteiger partial charge < -0.3 is 14.8 Å². The molecule has 1 unspecified atom stereocenters. The van der Waals surface area contributed by atoms with Crippen LogP contribution >= 0.6 is 0 Å². The van der Waals surface area contributed by atoms with Crippen molar-refractivity contribution in [3.63, 3.8) is 0 Å². The normalized spacial score (nSPS) is 11.9. The van der Waals surface area contributed by atoms with Crippen LogP contribution in [0.5, 0.6) is 11.5 Å². The van der Waals surface area contributed by atoms with E-state index in [4.69, 9.17) is 14.5 Å². The first-order valence-corrected chi connectivity index (χ1v) is 9.00. The average Bonchev–Trinajstić information content (AvgIpc) is 2.72. The molecule has 0 aliphatic rings. The maximum Gasteiger partial charge on any atom is 0.252 e. The fourth-order valence-corrected chi connectivity index (χ4v) is 2.91. The Hall–Kier alpha value is -3.08. The monoisotopic (exact) mass is 364 g/mol. The lowest BCUT2D eigenvalue weighted by molar-refractivity contribution is 0.0941. The van der Waals surface area contributed by atoms with E-state index in [1.165, 1.54) is 0 Å². The van der Waals surface area contributed by atoms with E-state index in [9.17, 15) is 4.79 Å². The maximum atomic E-state index is 12.9. The Balaban J connectivity index is 2.13. The molecule has 3 aromatic rings. The van der Waals surface area contributed by atoms with Crippen LogP contribution < -0.4 is 14.8 Å². The third-order valence-electron chi connectivity index (χ3n) is 4.63. The van der Waals surface area contributed by atoms with E-state index in [1.54, 1.807) is 14.2 Å². The molecule has 0 bridgehead atoms. The van der Waals surface area contributed by atoms with Crippen molar-refractivity contribution in [2.24, 2.45) is 0 Å². The quantitative estimate of drug-likeness (QED) is 0.702. The lowest BCUT2D eigenvalue weighted by Gasteiger charge is -2.15. The molecule has 5 heteroatoms. The van der Waals surface area contributed by atoms with E-state index in [0.717, 1.165) is 22.9 Å². The summed E-state index contributed by atoms with van der Waals surface area (Å²) in [6, 6.07) is 15.2. The van der Waals surface area contributed by atoms with Crippen molar-refractivity contribution in [2.75, 3.05) is 14.2 Å². The van der Waals surface area contributed by atoms with Crippen LogP contribution in [0.3, 0.4) is 0 Å². The summed E-state index contributed by atoms with van der Waals surface area (Å²) in [4.78, 5) is 17.6. The number of amides is 1. The summed E-state index contributed by atoms with van der Waals surface area (Å²) in [7, 11) is 3.20. The van der Waals surface area contributed by atoms with Gasteiger partial charge in [-0.15, -0.1) is 0 Å². The van der Waals surface area contributed by atoms with Crippen LogP contribution in [-0.4, -0.2) is 31.2 Å². The lowest BCUT2D eigenvalue weighted by Crippen LogP contribution is -2.32. The third kappa shape index (κ3) is 3.87. The summed E-state index contributed by atoms with van der Waals surface area (Å²) in [6.45, 7) is 4.04. The van der Waals surface area contributed by atoms with Crippen LogP contribution in [0.4, 0.5) is 0 Å². The fraction of sp³-hybridized carbons (Fsp3) is 0.273. The number of carbonyl (C=O) groups is 1. The SMILES string of the molecule is CCC(C)NC(=O)c1cc(-c2ccc(OC)c(OC)c2)nc2ccccc12. The van der Waals surface area contributed by atoms with E-state index in [0.29, 0.717) is 22.8 Å². The molecule has 0 spiro atoms. The van der Waals surface area contributed by atoms with Gasteiger partial charge in [0.05, 0.1) is 31.0 Å². The summed E-state index contributed by atoms with van der Waals surface area (Å²) < 4.78 is 10.7. The molecule has 27 heavy (non-hydrogen) atoms. The number of aromatic nitrogens is 1. The van der Waals surface area contributed by atoms with Gasteiger partial charge in [-0.2, -0.15) is 0 Å². The Kier molecular flexibility index (Phi) is 5.60. The molecular weight excluding hydrogens is 340 g/mol. The van der Waals surface area contributed by atoms with E-state index >= 15 is 0 Å². The van der Waals surface area contributed by atoms with Crippen LogP contribution in [0, 0.1) is 0 Å². The molecule has 1 amide bonds. The molecule has 1 N–H and O–H groups in total. The highest BCUT2D eigenvalue weighted by Crippen LogP contribution is 2.33. The van der Waals surface area contributed by atoms with E-state index < -0.39 is 0 Å². The van der Waals surface area contributed by atoms with Gasteiger partial charge in [0.1, 0.15) is 0 Å². The van der Waals surface area contributed by atoms with Gasteiger partial charge in [-0.25, -0.2) is 4.98 Å². The molecule has 3 rings (SSSR count). The van der Waals surface area contributed by atoms with Crippen molar-refractivity contribution in [3.8, 4) is 22.8 Å². The van der Waals surface area contributed by atoms with Crippen molar-refractivity contribution in [1.82, 2.24) is 10.3 Å². The maximum absolute atomic E-state index is 12.9. The van der Waals surface area contributed by atoms with E-state index in [2.05, 4.69) is 5.32 Å². The van der Waals surface area contributed by atoms with Crippen LogP contribution in [0.15, 0.2) is 48.5 Å². The number of nitrogens with zero attached hydrogens (tertiary/aromatic N) is 1. The van der Waals surface area contributed by atoms with E-state index in [-0.39, 0.29) is 11.9 Å². The number of fused-ring (bicyclic) bond motifs is 1. The van der Waals surface area contributed by atoms with Crippen LogP contribution in [0.25, 0.3) is 22.2 Å². The molecule has 0 saturated heterocycles. The number of pyridine rings is 1. The smallest absolute Gasteiger partial charge is 0.252 e. The van der Waals surface area contributed by atoms with Crippen LogP contribution in [0.1, 0.15) is 30.6 Å². The average molecular weight is 364 g/mol. The van der Waals surface area contributed by atoms with Crippen LogP contribution in [0.2, 0.25) is 0 Å². The zero-order valence-corrected chi connectivity index (χ0v) is 16.1. The number of carbonyl (C=O) groups excluding carboxylic acids is 1. The minimum absolute atomic E-state index is 0.0929. The Labute approximate surface area is 159 Å². The minimum atomic E-state index is -0.0929. The molecule has 1 aromatic heterocycles. The molecular formula is C22H24N2O3. The summed E-state index contributed by atoms with van der Waals surface area (Å²) in [5.41, 5.74) is 2.96. The molecule has 5 nitrogen and oxygen atoms in total. The summed E-state index contributed by atoms with van der Waals surface area (Å²) in [6.07, 6.45) is 0.872. The number of nitrogens with one attached hydrogen (secondary N) is 1.